The molecule has 0 aromatic heterocycles. The lowest BCUT2D eigenvalue weighted by Gasteiger charge is -2.27. The van der Waals surface area contributed by atoms with Gasteiger partial charge < -0.3 is 20.5 Å². The van der Waals surface area contributed by atoms with Crippen LogP contribution in [-0.2, 0) is 11.2 Å². The standard InChI is InChI=1S/C16H22N2O3/c19-14-7-12-1-2-13(8-16(12)21-10-14)18-9-15(20)11-3-5-17-6-4-11/h1-2,8,11,15,17-18,20H,3-7,9-10H2. The number of rotatable bonds is 4. The summed E-state index contributed by atoms with van der Waals surface area (Å²) in [6.07, 6.45) is 2.18. The van der Waals surface area contributed by atoms with E-state index in [4.69, 9.17) is 4.74 Å². The van der Waals surface area contributed by atoms with Crippen LogP contribution >= 0.6 is 0 Å². The van der Waals surface area contributed by atoms with Crippen molar-refractivity contribution in [1.82, 2.24) is 5.32 Å². The molecule has 0 bridgehead atoms. The molecule has 5 heteroatoms. The Morgan fingerprint density at radius 3 is 3.00 bits per heavy atom. The summed E-state index contributed by atoms with van der Waals surface area (Å²) in [5, 5.41) is 16.8. The van der Waals surface area contributed by atoms with Gasteiger partial charge in [0.2, 0.25) is 0 Å². The molecule has 1 unspecified atom stereocenters. The minimum absolute atomic E-state index is 0.115. The van der Waals surface area contributed by atoms with Crippen LogP contribution in [0.1, 0.15) is 18.4 Å². The van der Waals surface area contributed by atoms with E-state index >= 15 is 0 Å². The van der Waals surface area contributed by atoms with Gasteiger partial charge in [-0.3, -0.25) is 4.79 Å². The van der Waals surface area contributed by atoms with Crippen LogP contribution in [0.5, 0.6) is 5.75 Å². The number of aliphatic hydroxyl groups is 1. The molecule has 0 amide bonds. The minimum atomic E-state index is -0.328. The van der Waals surface area contributed by atoms with E-state index < -0.39 is 0 Å². The molecule has 1 saturated heterocycles. The Morgan fingerprint density at radius 2 is 2.19 bits per heavy atom. The maximum absolute atomic E-state index is 11.3. The van der Waals surface area contributed by atoms with Crippen LogP contribution in [0, 0.1) is 5.92 Å². The van der Waals surface area contributed by atoms with Crippen molar-refractivity contribution >= 4 is 11.5 Å². The third-order valence-electron chi connectivity index (χ3n) is 4.29. The average Bonchev–Trinajstić information content (AvgIpc) is 2.53. The highest BCUT2D eigenvalue weighted by Crippen LogP contribution is 2.27. The Hall–Kier alpha value is -1.59. The summed E-state index contributed by atoms with van der Waals surface area (Å²) in [7, 11) is 0. The Bertz CT molecular complexity index is 512. The number of fused-ring (bicyclic) bond motifs is 1. The maximum Gasteiger partial charge on any atom is 0.174 e. The molecule has 2 heterocycles. The molecule has 0 aliphatic carbocycles. The third kappa shape index (κ3) is 3.54. The number of piperidine rings is 1. The molecule has 1 aromatic carbocycles. The van der Waals surface area contributed by atoms with E-state index in [1.54, 1.807) is 0 Å². The van der Waals surface area contributed by atoms with Gasteiger partial charge in [0, 0.05) is 30.3 Å². The predicted molar refractivity (Wildman–Crippen MR) is 80.7 cm³/mol. The molecule has 1 atom stereocenters. The number of ether oxygens (including phenoxy) is 1. The van der Waals surface area contributed by atoms with Crippen LogP contribution in [0.4, 0.5) is 5.69 Å². The second-order valence-corrected chi connectivity index (χ2v) is 5.86. The number of Topliss-reactive ketones (excluding diaryl/α,β-unsaturated/α-hetero) is 1. The maximum atomic E-state index is 11.3. The third-order valence-corrected chi connectivity index (χ3v) is 4.29. The second-order valence-electron chi connectivity index (χ2n) is 5.86. The van der Waals surface area contributed by atoms with Gasteiger partial charge in [0.05, 0.1) is 6.10 Å². The average molecular weight is 290 g/mol. The SMILES string of the molecule is O=C1COc2cc(NCC(O)C3CCNCC3)ccc2C1. The normalized spacial score (nSPS) is 20.5. The Kier molecular flexibility index (Phi) is 4.41. The zero-order valence-electron chi connectivity index (χ0n) is 12.1. The van der Waals surface area contributed by atoms with Crippen molar-refractivity contribution in [1.29, 1.82) is 0 Å². The minimum Gasteiger partial charge on any atom is -0.485 e. The highest BCUT2D eigenvalue weighted by atomic mass is 16.5. The number of benzene rings is 1. The highest BCUT2D eigenvalue weighted by molar-refractivity contribution is 5.84. The zero-order valence-corrected chi connectivity index (χ0v) is 12.1. The van der Waals surface area contributed by atoms with Crippen LogP contribution in [0.25, 0.3) is 0 Å². The zero-order chi connectivity index (χ0) is 14.7. The fraction of sp³-hybridized carbons (Fsp3) is 0.562. The lowest BCUT2D eigenvalue weighted by molar-refractivity contribution is -0.121. The van der Waals surface area contributed by atoms with Gasteiger partial charge in [-0.15, -0.1) is 0 Å². The van der Waals surface area contributed by atoms with Gasteiger partial charge in [0.15, 0.2) is 5.78 Å². The molecular weight excluding hydrogens is 268 g/mol. The van der Waals surface area contributed by atoms with E-state index in [1.165, 1.54) is 0 Å². The van der Waals surface area contributed by atoms with E-state index in [2.05, 4.69) is 10.6 Å². The van der Waals surface area contributed by atoms with Gasteiger partial charge in [-0.2, -0.15) is 0 Å². The van der Waals surface area contributed by atoms with Crippen molar-refractivity contribution in [3.63, 3.8) is 0 Å². The molecule has 5 nitrogen and oxygen atoms in total. The van der Waals surface area contributed by atoms with E-state index in [9.17, 15) is 9.90 Å². The van der Waals surface area contributed by atoms with Gasteiger partial charge >= 0.3 is 0 Å². The number of aliphatic hydroxyl groups excluding tert-OH is 1. The molecule has 0 radical (unpaired) electrons. The van der Waals surface area contributed by atoms with E-state index in [0.717, 1.165) is 42.9 Å². The summed E-state index contributed by atoms with van der Waals surface area (Å²) in [6, 6.07) is 5.78. The Balaban J connectivity index is 1.56. The fourth-order valence-corrected chi connectivity index (χ4v) is 2.98. The summed E-state index contributed by atoms with van der Waals surface area (Å²) < 4.78 is 5.44. The van der Waals surface area contributed by atoms with Crippen LogP contribution in [0.3, 0.4) is 0 Å². The molecule has 1 aromatic rings. The van der Waals surface area contributed by atoms with Crippen LogP contribution in [0.15, 0.2) is 18.2 Å². The first-order valence-electron chi connectivity index (χ1n) is 7.62. The largest absolute Gasteiger partial charge is 0.485 e. The van der Waals surface area contributed by atoms with E-state index in [-0.39, 0.29) is 18.5 Å². The summed E-state index contributed by atoms with van der Waals surface area (Å²) in [5.41, 5.74) is 1.87. The Morgan fingerprint density at radius 1 is 1.38 bits per heavy atom. The van der Waals surface area contributed by atoms with Crippen molar-refractivity contribution in [2.24, 2.45) is 5.92 Å². The molecular formula is C16H22N2O3. The molecule has 0 spiro atoms. The van der Waals surface area contributed by atoms with E-state index in [1.807, 2.05) is 18.2 Å². The molecule has 3 rings (SSSR count). The first kappa shape index (κ1) is 14.4. The second kappa shape index (κ2) is 6.45. The van der Waals surface area contributed by atoms with Crippen molar-refractivity contribution in [2.45, 2.75) is 25.4 Å². The quantitative estimate of drug-likeness (QED) is 0.770. The lowest BCUT2D eigenvalue weighted by atomic mass is 9.92. The number of anilines is 1. The van der Waals surface area contributed by atoms with Crippen LogP contribution < -0.4 is 15.4 Å². The smallest absolute Gasteiger partial charge is 0.174 e. The number of hydrogen-bond donors (Lipinski definition) is 3. The van der Waals surface area contributed by atoms with Gasteiger partial charge in [-0.1, -0.05) is 6.07 Å². The number of carbonyl (C=O) groups excluding carboxylic acids is 1. The van der Waals surface area contributed by atoms with Crippen molar-refractivity contribution < 1.29 is 14.6 Å². The van der Waals surface area contributed by atoms with Crippen LogP contribution in [-0.4, -0.2) is 43.2 Å². The lowest BCUT2D eigenvalue weighted by Crippen LogP contribution is -2.37. The first-order valence-corrected chi connectivity index (χ1v) is 7.62. The molecule has 2 aliphatic heterocycles. The highest BCUT2D eigenvalue weighted by Gasteiger charge is 2.21. The first-order chi connectivity index (χ1) is 10.2. The fourth-order valence-electron chi connectivity index (χ4n) is 2.98. The van der Waals surface area contributed by atoms with Crippen molar-refractivity contribution in [2.75, 3.05) is 31.6 Å². The molecule has 0 saturated carbocycles. The number of ketones is 1. The van der Waals surface area contributed by atoms with Gasteiger partial charge in [-0.25, -0.2) is 0 Å². The van der Waals surface area contributed by atoms with Crippen LogP contribution in [0.2, 0.25) is 0 Å². The molecule has 114 valence electrons. The van der Waals surface area contributed by atoms with Gasteiger partial charge in [0.1, 0.15) is 12.4 Å². The number of hydrogen-bond acceptors (Lipinski definition) is 5. The molecule has 1 fully saturated rings. The summed E-state index contributed by atoms with van der Waals surface area (Å²) in [6.45, 7) is 2.68. The number of nitrogens with one attached hydrogen (secondary N) is 2. The predicted octanol–water partition coefficient (Wildman–Crippen LogP) is 0.963. The number of carbonyl (C=O) groups is 1. The van der Waals surface area contributed by atoms with Crippen molar-refractivity contribution in [3.05, 3.63) is 23.8 Å². The van der Waals surface area contributed by atoms with Crippen molar-refractivity contribution in [3.8, 4) is 5.75 Å². The topological polar surface area (TPSA) is 70.6 Å². The Labute approximate surface area is 124 Å². The molecule has 3 N–H and O–H groups in total. The summed E-state index contributed by atoms with van der Waals surface area (Å²) in [4.78, 5) is 11.3. The summed E-state index contributed by atoms with van der Waals surface area (Å²) in [5.74, 6) is 1.26. The van der Waals surface area contributed by atoms with E-state index in [0.29, 0.717) is 18.9 Å². The monoisotopic (exact) mass is 290 g/mol. The van der Waals surface area contributed by atoms with Gasteiger partial charge in [0.25, 0.3) is 0 Å². The van der Waals surface area contributed by atoms with Gasteiger partial charge in [-0.05, 0) is 37.9 Å². The molecule has 21 heavy (non-hydrogen) atoms. The summed E-state index contributed by atoms with van der Waals surface area (Å²) >= 11 is 0. The molecule has 2 aliphatic rings.